The van der Waals surface area contributed by atoms with Crippen molar-refractivity contribution in [1.82, 2.24) is 9.88 Å². The highest BCUT2D eigenvalue weighted by atomic mass is 16.5. The zero-order chi connectivity index (χ0) is 17.1. The van der Waals surface area contributed by atoms with E-state index in [1.165, 1.54) is 0 Å². The van der Waals surface area contributed by atoms with E-state index in [1.54, 1.807) is 24.0 Å². The minimum atomic E-state index is -0.330. The third kappa shape index (κ3) is 3.50. The number of aryl methyl sites for hydroxylation is 1. The first-order valence-corrected chi connectivity index (χ1v) is 8.31. The zero-order valence-electron chi connectivity index (χ0n) is 14.0. The van der Waals surface area contributed by atoms with Gasteiger partial charge in [0.2, 0.25) is 0 Å². The molecule has 126 valence electrons. The molecule has 24 heavy (non-hydrogen) atoms. The molecule has 0 atom stereocenters. The molecule has 0 saturated heterocycles. The van der Waals surface area contributed by atoms with Crippen LogP contribution in [0, 0.1) is 6.92 Å². The van der Waals surface area contributed by atoms with Crippen molar-refractivity contribution < 1.29 is 9.53 Å². The molecule has 1 amide bonds. The molecule has 1 heterocycles. The third-order valence-corrected chi connectivity index (χ3v) is 4.15. The summed E-state index contributed by atoms with van der Waals surface area (Å²) in [7, 11) is 0. The highest BCUT2D eigenvalue weighted by Gasteiger charge is 2.34. The summed E-state index contributed by atoms with van der Waals surface area (Å²) < 4.78 is 5.66. The van der Waals surface area contributed by atoms with Crippen LogP contribution in [0.5, 0.6) is 5.75 Å². The van der Waals surface area contributed by atoms with E-state index in [-0.39, 0.29) is 23.1 Å². The van der Waals surface area contributed by atoms with Gasteiger partial charge in [-0.15, -0.1) is 0 Å². The van der Waals surface area contributed by atoms with E-state index in [2.05, 4.69) is 4.98 Å². The van der Waals surface area contributed by atoms with Gasteiger partial charge in [-0.05, 0) is 44.9 Å². The summed E-state index contributed by atoms with van der Waals surface area (Å²) in [5, 5.41) is 0. The van der Waals surface area contributed by atoms with Gasteiger partial charge in [0.05, 0.1) is 6.61 Å². The molecule has 0 aliphatic heterocycles. The van der Waals surface area contributed by atoms with E-state index in [4.69, 9.17) is 4.74 Å². The Hall–Kier alpha value is -2.56. The van der Waals surface area contributed by atoms with Gasteiger partial charge in [0.25, 0.3) is 11.5 Å². The van der Waals surface area contributed by atoms with Crippen LogP contribution in [0.15, 0.2) is 41.2 Å². The number of pyridine rings is 1. The molecule has 1 aliphatic rings. The third-order valence-electron chi connectivity index (χ3n) is 4.15. The molecule has 0 unspecified atom stereocenters. The number of benzene rings is 1. The maximum atomic E-state index is 12.9. The van der Waals surface area contributed by atoms with E-state index in [1.807, 2.05) is 31.2 Å². The maximum Gasteiger partial charge on any atom is 0.260 e. The largest absolute Gasteiger partial charge is 0.494 e. The van der Waals surface area contributed by atoms with Crippen LogP contribution in [-0.2, 0) is 6.54 Å². The Bertz CT molecular complexity index is 793. The lowest BCUT2D eigenvalue weighted by Crippen LogP contribution is -2.36. The van der Waals surface area contributed by atoms with Gasteiger partial charge in [-0.25, -0.2) is 0 Å². The smallest absolute Gasteiger partial charge is 0.260 e. The Morgan fingerprint density at radius 2 is 2.00 bits per heavy atom. The predicted octanol–water partition coefficient (Wildman–Crippen LogP) is 2.89. The Balaban J connectivity index is 1.88. The number of rotatable bonds is 6. The van der Waals surface area contributed by atoms with Gasteiger partial charge in [-0.1, -0.05) is 18.2 Å². The quantitative estimate of drug-likeness (QED) is 0.888. The standard InChI is InChI=1S/C19H22N2O3/c1-3-24-17-7-5-4-6-14(17)12-21(15-9-10-15)19(23)16-11-8-13(2)20-18(16)22/h4-8,11,15H,3,9-10,12H2,1-2H3,(H,20,22). The average Bonchev–Trinajstić information content (AvgIpc) is 3.38. The van der Waals surface area contributed by atoms with Crippen LogP contribution in [-0.4, -0.2) is 28.4 Å². The predicted molar refractivity (Wildman–Crippen MR) is 92.3 cm³/mol. The number of ether oxygens (including phenoxy) is 1. The minimum absolute atomic E-state index is 0.196. The second kappa shape index (κ2) is 6.91. The molecule has 5 heteroatoms. The summed E-state index contributed by atoms with van der Waals surface area (Å²) in [4.78, 5) is 29.5. The summed E-state index contributed by atoms with van der Waals surface area (Å²) in [6.07, 6.45) is 1.96. The van der Waals surface area contributed by atoms with E-state index < -0.39 is 0 Å². The maximum absolute atomic E-state index is 12.9. The van der Waals surface area contributed by atoms with Crippen molar-refractivity contribution in [3.8, 4) is 5.75 Å². The normalized spacial score (nSPS) is 13.6. The Kier molecular flexibility index (Phi) is 4.69. The molecule has 2 aromatic rings. The summed E-state index contributed by atoms with van der Waals surface area (Å²) in [5.74, 6) is 0.571. The second-order valence-electron chi connectivity index (χ2n) is 6.09. The van der Waals surface area contributed by atoms with E-state index >= 15 is 0 Å². The number of carbonyl (C=O) groups is 1. The van der Waals surface area contributed by atoms with Gasteiger partial charge in [0.15, 0.2) is 0 Å². The van der Waals surface area contributed by atoms with Crippen molar-refractivity contribution in [3.63, 3.8) is 0 Å². The van der Waals surface area contributed by atoms with Crippen molar-refractivity contribution in [2.24, 2.45) is 0 Å². The number of para-hydroxylation sites is 1. The average molecular weight is 326 g/mol. The molecule has 0 spiro atoms. The number of aromatic amines is 1. The number of nitrogens with one attached hydrogen (secondary N) is 1. The van der Waals surface area contributed by atoms with E-state index in [9.17, 15) is 9.59 Å². The number of hydrogen-bond donors (Lipinski definition) is 1. The summed E-state index contributed by atoms with van der Waals surface area (Å²) >= 11 is 0. The van der Waals surface area contributed by atoms with Gasteiger partial charge in [0.1, 0.15) is 11.3 Å². The Morgan fingerprint density at radius 1 is 1.25 bits per heavy atom. The fraction of sp³-hybridized carbons (Fsp3) is 0.368. The first-order valence-electron chi connectivity index (χ1n) is 8.31. The van der Waals surface area contributed by atoms with Crippen molar-refractivity contribution in [2.45, 2.75) is 39.3 Å². The van der Waals surface area contributed by atoms with Gasteiger partial charge in [-0.2, -0.15) is 0 Å². The monoisotopic (exact) mass is 326 g/mol. The van der Waals surface area contributed by atoms with Gasteiger partial charge in [0, 0.05) is 23.8 Å². The molecular formula is C19H22N2O3. The zero-order valence-corrected chi connectivity index (χ0v) is 14.0. The van der Waals surface area contributed by atoms with Crippen LogP contribution in [0.4, 0.5) is 0 Å². The topological polar surface area (TPSA) is 62.4 Å². The molecule has 1 aliphatic carbocycles. The lowest BCUT2D eigenvalue weighted by molar-refractivity contribution is 0.0726. The van der Waals surface area contributed by atoms with Crippen LogP contribution in [0.2, 0.25) is 0 Å². The molecule has 0 radical (unpaired) electrons. The highest BCUT2D eigenvalue weighted by molar-refractivity contribution is 5.94. The fourth-order valence-corrected chi connectivity index (χ4v) is 2.76. The van der Waals surface area contributed by atoms with Crippen LogP contribution < -0.4 is 10.3 Å². The van der Waals surface area contributed by atoms with Crippen molar-refractivity contribution in [2.75, 3.05) is 6.61 Å². The minimum Gasteiger partial charge on any atom is -0.494 e. The molecule has 1 aromatic heterocycles. The molecule has 1 fully saturated rings. The summed E-state index contributed by atoms with van der Waals surface area (Å²) in [5.41, 5.74) is 1.57. The van der Waals surface area contributed by atoms with E-state index in [0.717, 1.165) is 29.8 Å². The SMILES string of the molecule is CCOc1ccccc1CN(C(=O)c1ccc(C)[nH]c1=O)C1CC1. The van der Waals surface area contributed by atoms with Crippen LogP contribution in [0.1, 0.15) is 41.4 Å². The van der Waals surface area contributed by atoms with E-state index in [0.29, 0.717) is 13.2 Å². The molecule has 3 rings (SSSR count). The molecule has 5 nitrogen and oxygen atoms in total. The Morgan fingerprint density at radius 3 is 2.67 bits per heavy atom. The van der Waals surface area contributed by atoms with Gasteiger partial charge < -0.3 is 14.6 Å². The van der Waals surface area contributed by atoms with Crippen LogP contribution in [0.3, 0.4) is 0 Å². The number of hydrogen-bond acceptors (Lipinski definition) is 3. The first-order chi connectivity index (χ1) is 11.6. The van der Waals surface area contributed by atoms with Gasteiger partial charge >= 0.3 is 0 Å². The lowest BCUT2D eigenvalue weighted by Gasteiger charge is -2.23. The number of H-pyrrole nitrogens is 1. The molecule has 1 saturated carbocycles. The molecule has 1 N–H and O–H groups in total. The lowest BCUT2D eigenvalue weighted by atomic mass is 10.1. The highest BCUT2D eigenvalue weighted by Crippen LogP contribution is 2.31. The van der Waals surface area contributed by atoms with Crippen LogP contribution in [0.25, 0.3) is 0 Å². The molecule has 0 bridgehead atoms. The fourth-order valence-electron chi connectivity index (χ4n) is 2.76. The summed E-state index contributed by atoms with van der Waals surface area (Å²) in [6.45, 7) is 4.76. The second-order valence-corrected chi connectivity index (χ2v) is 6.09. The first kappa shape index (κ1) is 16.3. The van der Waals surface area contributed by atoms with Crippen molar-refractivity contribution in [3.05, 3.63) is 63.6 Å². The number of nitrogens with zero attached hydrogens (tertiary/aromatic N) is 1. The number of aromatic nitrogens is 1. The summed E-state index contributed by atoms with van der Waals surface area (Å²) in [6, 6.07) is 11.3. The molecular weight excluding hydrogens is 304 g/mol. The van der Waals surface area contributed by atoms with Crippen molar-refractivity contribution >= 4 is 5.91 Å². The number of amides is 1. The van der Waals surface area contributed by atoms with Gasteiger partial charge in [-0.3, -0.25) is 9.59 Å². The van der Waals surface area contributed by atoms with Crippen LogP contribution >= 0.6 is 0 Å². The Labute approximate surface area is 141 Å². The molecule has 1 aromatic carbocycles. The number of carbonyl (C=O) groups excluding carboxylic acids is 1. The van der Waals surface area contributed by atoms with Crippen molar-refractivity contribution in [1.29, 1.82) is 0 Å².